The van der Waals surface area contributed by atoms with Crippen molar-refractivity contribution in [1.82, 2.24) is 14.9 Å². The lowest BCUT2D eigenvalue weighted by Crippen LogP contribution is -2.44. The van der Waals surface area contributed by atoms with Gasteiger partial charge in [0.05, 0.1) is 7.11 Å². The third-order valence-electron chi connectivity index (χ3n) is 4.71. The maximum atomic E-state index is 12.3. The van der Waals surface area contributed by atoms with Crippen molar-refractivity contribution >= 4 is 30.5 Å². The summed E-state index contributed by atoms with van der Waals surface area (Å²) >= 11 is 0. The van der Waals surface area contributed by atoms with E-state index in [4.69, 9.17) is 4.74 Å². The SMILES string of the molecule is COc1cc(P)cc(C(=O)NCC2CCN(CCNS(=O)(=O)C(F)(F)F)CC2)c1. The predicted octanol–water partition coefficient (Wildman–Crippen LogP) is 1.08. The van der Waals surface area contributed by atoms with E-state index >= 15 is 0 Å². The lowest BCUT2D eigenvalue weighted by Gasteiger charge is -2.32. The molecule has 29 heavy (non-hydrogen) atoms. The van der Waals surface area contributed by atoms with Crippen molar-refractivity contribution in [2.45, 2.75) is 18.3 Å². The normalized spacial score (nSPS) is 16.6. The zero-order valence-electron chi connectivity index (χ0n) is 16.0. The number of piperidine rings is 1. The van der Waals surface area contributed by atoms with Gasteiger partial charge in [0.15, 0.2) is 0 Å². The molecule has 0 spiro atoms. The summed E-state index contributed by atoms with van der Waals surface area (Å²) in [5.74, 6) is 0.650. The van der Waals surface area contributed by atoms with E-state index < -0.39 is 15.5 Å². The Morgan fingerprint density at radius 2 is 1.93 bits per heavy atom. The first kappa shape index (κ1) is 23.9. The summed E-state index contributed by atoms with van der Waals surface area (Å²) in [7, 11) is -1.24. The van der Waals surface area contributed by atoms with Crippen molar-refractivity contribution in [2.75, 3.05) is 39.8 Å². The maximum absolute atomic E-state index is 12.3. The lowest BCUT2D eigenvalue weighted by molar-refractivity contribution is -0.0448. The van der Waals surface area contributed by atoms with Gasteiger partial charge in [-0.05, 0) is 55.4 Å². The first-order valence-corrected chi connectivity index (χ1v) is 11.1. The molecule has 0 saturated carbocycles. The van der Waals surface area contributed by atoms with Gasteiger partial charge in [-0.25, -0.2) is 13.1 Å². The van der Waals surface area contributed by atoms with E-state index in [1.807, 2.05) is 4.90 Å². The molecule has 1 aromatic carbocycles. The highest BCUT2D eigenvalue weighted by molar-refractivity contribution is 7.90. The Kier molecular flexibility index (Phi) is 8.28. The van der Waals surface area contributed by atoms with E-state index in [2.05, 4.69) is 14.6 Å². The molecule has 0 aliphatic carbocycles. The molecule has 1 atom stereocenters. The number of rotatable bonds is 8. The van der Waals surface area contributed by atoms with Crippen LogP contribution in [0.4, 0.5) is 13.2 Å². The highest BCUT2D eigenvalue weighted by atomic mass is 32.2. The number of halogens is 3. The minimum absolute atomic E-state index is 0.198. The molecule has 12 heteroatoms. The van der Waals surface area contributed by atoms with E-state index in [9.17, 15) is 26.4 Å². The van der Waals surface area contributed by atoms with Crippen LogP contribution in [0, 0.1) is 5.92 Å². The summed E-state index contributed by atoms with van der Waals surface area (Å²) in [6.45, 7) is 1.66. The highest BCUT2D eigenvalue weighted by Gasteiger charge is 2.45. The Hall–Kier alpha value is -1.42. The minimum Gasteiger partial charge on any atom is -0.497 e. The van der Waals surface area contributed by atoms with E-state index in [0.717, 1.165) is 18.1 Å². The molecule has 0 bridgehead atoms. The Balaban J connectivity index is 1.72. The molecular weight excluding hydrogens is 430 g/mol. The van der Waals surface area contributed by atoms with E-state index in [0.29, 0.717) is 30.9 Å². The van der Waals surface area contributed by atoms with Crippen LogP contribution in [0.2, 0.25) is 0 Å². The molecule has 7 nitrogen and oxygen atoms in total. The van der Waals surface area contributed by atoms with E-state index in [1.54, 1.807) is 22.9 Å². The molecule has 2 N–H and O–H groups in total. The zero-order chi connectivity index (χ0) is 21.7. The number of benzene rings is 1. The Morgan fingerprint density at radius 3 is 2.52 bits per heavy atom. The molecule has 0 aromatic heterocycles. The van der Waals surface area contributed by atoms with Crippen LogP contribution in [0.5, 0.6) is 5.75 Å². The fourth-order valence-corrected chi connectivity index (χ4v) is 3.91. The fraction of sp³-hybridized carbons (Fsp3) is 0.588. The number of nitrogens with one attached hydrogen (secondary N) is 2. The molecule has 1 aromatic rings. The van der Waals surface area contributed by atoms with Crippen LogP contribution in [0.25, 0.3) is 0 Å². The summed E-state index contributed by atoms with van der Waals surface area (Å²) < 4.78 is 65.5. The number of carbonyl (C=O) groups is 1. The Bertz CT molecular complexity index is 813. The monoisotopic (exact) mass is 455 g/mol. The minimum atomic E-state index is -5.30. The second kappa shape index (κ2) is 10.1. The van der Waals surface area contributed by atoms with Gasteiger partial charge in [0.2, 0.25) is 0 Å². The second-order valence-electron chi connectivity index (χ2n) is 6.83. The molecule has 1 fully saturated rings. The topological polar surface area (TPSA) is 87.7 Å². The average Bonchev–Trinajstić information content (AvgIpc) is 2.65. The number of sulfonamides is 1. The number of carbonyl (C=O) groups excluding carboxylic acids is 1. The number of ether oxygens (including phenoxy) is 1. The molecule has 1 aliphatic heterocycles. The van der Waals surface area contributed by atoms with Crippen molar-refractivity contribution in [2.24, 2.45) is 5.92 Å². The van der Waals surface area contributed by atoms with Crippen molar-refractivity contribution in [1.29, 1.82) is 0 Å². The van der Waals surface area contributed by atoms with Crippen molar-refractivity contribution in [3.63, 3.8) is 0 Å². The van der Waals surface area contributed by atoms with Crippen molar-refractivity contribution in [3.05, 3.63) is 23.8 Å². The van der Waals surface area contributed by atoms with E-state index in [1.165, 1.54) is 7.11 Å². The molecule has 164 valence electrons. The fourth-order valence-electron chi connectivity index (χ4n) is 3.04. The first-order chi connectivity index (χ1) is 13.5. The van der Waals surface area contributed by atoms with Gasteiger partial charge < -0.3 is 15.0 Å². The smallest absolute Gasteiger partial charge is 0.497 e. The third-order valence-corrected chi connectivity index (χ3v) is 6.24. The second-order valence-corrected chi connectivity index (χ2v) is 9.26. The van der Waals surface area contributed by atoms with Gasteiger partial charge in [0.25, 0.3) is 5.91 Å². The van der Waals surface area contributed by atoms with Crippen LogP contribution in [0.1, 0.15) is 23.2 Å². The Labute approximate surface area is 170 Å². The maximum Gasteiger partial charge on any atom is 0.511 e. The van der Waals surface area contributed by atoms with Crippen molar-refractivity contribution < 1.29 is 31.1 Å². The summed E-state index contributed by atoms with van der Waals surface area (Å²) in [6.07, 6.45) is 1.53. The number of hydrogen-bond donors (Lipinski definition) is 2. The van der Waals surface area contributed by atoms with E-state index in [-0.39, 0.29) is 24.9 Å². The number of hydrogen-bond acceptors (Lipinski definition) is 5. The molecule has 1 aliphatic rings. The van der Waals surface area contributed by atoms with Gasteiger partial charge in [-0.2, -0.15) is 13.2 Å². The summed E-state index contributed by atoms with van der Waals surface area (Å²) in [5, 5.41) is 3.74. The molecular formula is C17H25F3N3O4PS. The zero-order valence-corrected chi connectivity index (χ0v) is 17.9. The standard InChI is InChI=1S/C17H25F3N3O4PS/c1-27-14-8-13(9-15(28)10-14)16(24)21-11-12-2-5-23(6-3-12)7-4-22-29(25,26)17(18,19)20/h8-10,12,22H,2-7,11,28H2,1H3,(H,21,24). The summed E-state index contributed by atoms with van der Waals surface area (Å²) in [5.41, 5.74) is -4.79. The van der Waals surface area contributed by atoms with Gasteiger partial charge >= 0.3 is 15.5 Å². The largest absolute Gasteiger partial charge is 0.511 e. The summed E-state index contributed by atoms with van der Waals surface area (Å²) in [6, 6.07) is 5.20. The van der Waals surface area contributed by atoms with Gasteiger partial charge in [-0.3, -0.25) is 4.79 Å². The quantitative estimate of drug-likeness (QED) is 0.573. The van der Waals surface area contributed by atoms with Crippen LogP contribution < -0.4 is 20.1 Å². The van der Waals surface area contributed by atoms with Gasteiger partial charge in [-0.15, -0.1) is 9.24 Å². The van der Waals surface area contributed by atoms with Crippen LogP contribution in [-0.2, 0) is 10.0 Å². The number of nitrogens with zero attached hydrogens (tertiary/aromatic N) is 1. The average molecular weight is 455 g/mol. The van der Waals surface area contributed by atoms with Gasteiger partial charge in [0, 0.05) is 25.2 Å². The van der Waals surface area contributed by atoms with Crippen LogP contribution in [-0.4, -0.2) is 64.6 Å². The molecule has 1 saturated heterocycles. The predicted molar refractivity (Wildman–Crippen MR) is 107 cm³/mol. The molecule has 1 amide bonds. The number of methoxy groups -OCH3 is 1. The molecule has 0 radical (unpaired) electrons. The van der Waals surface area contributed by atoms with Crippen LogP contribution in [0.3, 0.4) is 0 Å². The molecule has 1 unspecified atom stereocenters. The van der Waals surface area contributed by atoms with Gasteiger partial charge in [-0.1, -0.05) is 0 Å². The van der Waals surface area contributed by atoms with Crippen LogP contribution >= 0.6 is 9.24 Å². The first-order valence-electron chi connectivity index (χ1n) is 9.03. The number of alkyl halides is 3. The number of amides is 1. The molecule has 2 rings (SSSR count). The summed E-state index contributed by atoms with van der Waals surface area (Å²) in [4.78, 5) is 14.2. The highest BCUT2D eigenvalue weighted by Crippen LogP contribution is 2.21. The number of likely N-dealkylation sites (tertiary alicyclic amines) is 1. The Morgan fingerprint density at radius 1 is 1.28 bits per heavy atom. The van der Waals surface area contributed by atoms with Gasteiger partial charge in [0.1, 0.15) is 5.75 Å². The van der Waals surface area contributed by atoms with Crippen LogP contribution in [0.15, 0.2) is 18.2 Å². The lowest BCUT2D eigenvalue weighted by atomic mass is 9.96. The van der Waals surface area contributed by atoms with Crippen molar-refractivity contribution in [3.8, 4) is 5.75 Å². The molecule has 1 heterocycles. The third kappa shape index (κ3) is 7.09.